The lowest BCUT2D eigenvalue weighted by atomic mass is 10.0. The number of aliphatic carboxylic acids is 2. The monoisotopic (exact) mass is 552 g/mol. The van der Waals surface area contributed by atoms with Crippen molar-refractivity contribution in [2.75, 3.05) is 6.61 Å². The van der Waals surface area contributed by atoms with E-state index in [0.717, 1.165) is 16.7 Å². The van der Waals surface area contributed by atoms with Crippen molar-refractivity contribution in [3.63, 3.8) is 0 Å². The Morgan fingerprint density at radius 1 is 0.895 bits per heavy atom. The van der Waals surface area contributed by atoms with Crippen LogP contribution in [0.15, 0.2) is 72.9 Å². The largest absolute Gasteiger partial charge is 0.494 e. The molecule has 0 fully saturated rings. The van der Waals surface area contributed by atoms with Gasteiger partial charge in [-0.05, 0) is 59.9 Å². The SMILES string of the molecule is O=C(O)CCCOc1ccc(-c2cccc(CCc3nc(-c4ccc(Cl)cc4Cl)cn3CC(=O)O)c2)cc1. The van der Waals surface area contributed by atoms with Crippen molar-refractivity contribution >= 4 is 35.1 Å². The Kier molecular flexibility index (Phi) is 9.05. The number of halogens is 2. The summed E-state index contributed by atoms with van der Waals surface area (Å²) in [7, 11) is 0. The molecule has 2 N–H and O–H groups in total. The van der Waals surface area contributed by atoms with Crippen LogP contribution in [0.1, 0.15) is 24.2 Å². The van der Waals surface area contributed by atoms with Crippen LogP contribution in [-0.2, 0) is 29.0 Å². The number of benzene rings is 3. The van der Waals surface area contributed by atoms with E-state index < -0.39 is 11.9 Å². The van der Waals surface area contributed by atoms with Crippen LogP contribution in [0.5, 0.6) is 5.75 Å². The van der Waals surface area contributed by atoms with Crippen molar-refractivity contribution in [3.05, 3.63) is 94.4 Å². The van der Waals surface area contributed by atoms with E-state index in [0.29, 0.717) is 58.7 Å². The molecular weight excluding hydrogens is 527 g/mol. The number of hydrogen-bond donors (Lipinski definition) is 2. The zero-order valence-corrected chi connectivity index (χ0v) is 22.0. The lowest BCUT2D eigenvalue weighted by molar-refractivity contribution is -0.138. The first kappa shape index (κ1) is 27.2. The highest BCUT2D eigenvalue weighted by atomic mass is 35.5. The van der Waals surface area contributed by atoms with Gasteiger partial charge in [0.2, 0.25) is 0 Å². The molecule has 0 aliphatic carbocycles. The van der Waals surface area contributed by atoms with Crippen molar-refractivity contribution in [3.8, 4) is 28.1 Å². The molecule has 0 radical (unpaired) electrons. The Bertz CT molecular complexity index is 1430. The minimum absolute atomic E-state index is 0.0810. The number of carbonyl (C=O) groups is 2. The smallest absolute Gasteiger partial charge is 0.323 e. The molecule has 1 heterocycles. The molecule has 0 aliphatic rings. The van der Waals surface area contributed by atoms with Gasteiger partial charge < -0.3 is 19.5 Å². The zero-order valence-electron chi connectivity index (χ0n) is 20.4. The van der Waals surface area contributed by atoms with Crippen molar-refractivity contribution in [2.24, 2.45) is 0 Å². The van der Waals surface area contributed by atoms with Gasteiger partial charge in [-0.25, -0.2) is 4.98 Å². The molecule has 1 aromatic heterocycles. The number of aryl methyl sites for hydroxylation is 2. The molecule has 0 atom stereocenters. The zero-order chi connectivity index (χ0) is 27.1. The van der Waals surface area contributed by atoms with E-state index in [-0.39, 0.29) is 13.0 Å². The van der Waals surface area contributed by atoms with Gasteiger partial charge in [0.1, 0.15) is 18.1 Å². The second kappa shape index (κ2) is 12.6. The summed E-state index contributed by atoms with van der Waals surface area (Å²) in [5, 5.41) is 19.1. The van der Waals surface area contributed by atoms with Crippen LogP contribution in [0.4, 0.5) is 0 Å². The molecule has 0 amide bonds. The third kappa shape index (κ3) is 7.37. The summed E-state index contributed by atoms with van der Waals surface area (Å²) in [5.41, 5.74) is 4.45. The number of carboxylic acid groups (broad SMARTS) is 2. The summed E-state index contributed by atoms with van der Waals surface area (Å²) in [6.07, 6.45) is 3.46. The van der Waals surface area contributed by atoms with Crippen molar-refractivity contribution in [2.45, 2.75) is 32.2 Å². The predicted octanol–water partition coefficient (Wildman–Crippen LogP) is 6.64. The van der Waals surface area contributed by atoms with Crippen LogP contribution >= 0.6 is 23.2 Å². The van der Waals surface area contributed by atoms with Crippen LogP contribution in [0, 0.1) is 0 Å². The van der Waals surface area contributed by atoms with Crippen molar-refractivity contribution in [1.29, 1.82) is 0 Å². The maximum atomic E-state index is 11.5. The van der Waals surface area contributed by atoms with Crippen LogP contribution in [0.25, 0.3) is 22.4 Å². The van der Waals surface area contributed by atoms with E-state index >= 15 is 0 Å². The number of imidazole rings is 1. The fourth-order valence-corrected chi connectivity index (χ4v) is 4.59. The molecule has 4 aromatic rings. The molecule has 4 rings (SSSR count). The molecular formula is C29H26Cl2N2O5. The Morgan fingerprint density at radius 3 is 2.39 bits per heavy atom. The fraction of sp³-hybridized carbons (Fsp3) is 0.207. The van der Waals surface area contributed by atoms with Gasteiger partial charge in [-0.15, -0.1) is 0 Å². The van der Waals surface area contributed by atoms with E-state index in [2.05, 4.69) is 6.07 Å². The van der Waals surface area contributed by atoms with Gasteiger partial charge in [0, 0.05) is 29.6 Å². The number of ether oxygens (including phenoxy) is 1. The van der Waals surface area contributed by atoms with Gasteiger partial charge in [-0.2, -0.15) is 0 Å². The highest BCUT2D eigenvalue weighted by Crippen LogP contribution is 2.30. The van der Waals surface area contributed by atoms with Crippen LogP contribution < -0.4 is 4.74 Å². The number of rotatable bonds is 12. The van der Waals surface area contributed by atoms with Gasteiger partial charge in [-0.3, -0.25) is 9.59 Å². The molecule has 0 unspecified atom stereocenters. The van der Waals surface area contributed by atoms with E-state index in [9.17, 15) is 14.7 Å². The van der Waals surface area contributed by atoms with Crippen molar-refractivity contribution in [1.82, 2.24) is 9.55 Å². The molecule has 196 valence electrons. The topological polar surface area (TPSA) is 102 Å². The van der Waals surface area contributed by atoms with Crippen LogP contribution in [0.2, 0.25) is 10.0 Å². The van der Waals surface area contributed by atoms with Gasteiger partial charge in [0.05, 0.1) is 17.3 Å². The minimum Gasteiger partial charge on any atom is -0.494 e. The van der Waals surface area contributed by atoms with Gasteiger partial charge in [-0.1, -0.05) is 59.6 Å². The Hall–Kier alpha value is -3.81. The third-order valence-electron chi connectivity index (χ3n) is 5.93. The standard InChI is InChI=1S/C29H26Cl2N2O5/c30-22-9-12-24(25(31)16-22)26-17-33(18-29(36)37)27(32-26)13-6-19-3-1-4-21(15-19)20-7-10-23(11-8-20)38-14-2-5-28(34)35/h1,3-4,7-12,15-17H,2,5-6,13-14,18H2,(H,34,35)(H,36,37). The maximum absolute atomic E-state index is 11.5. The second-order valence-electron chi connectivity index (χ2n) is 8.76. The summed E-state index contributed by atoms with van der Waals surface area (Å²) in [5.74, 6) is -0.435. The van der Waals surface area contributed by atoms with Gasteiger partial charge >= 0.3 is 11.9 Å². The maximum Gasteiger partial charge on any atom is 0.323 e. The molecule has 3 aromatic carbocycles. The average Bonchev–Trinajstić information content (AvgIpc) is 3.27. The highest BCUT2D eigenvalue weighted by molar-refractivity contribution is 6.36. The summed E-state index contributed by atoms with van der Waals surface area (Å²) >= 11 is 12.4. The van der Waals surface area contributed by atoms with E-state index in [4.69, 9.17) is 38.0 Å². The Balaban J connectivity index is 1.46. The third-order valence-corrected chi connectivity index (χ3v) is 6.48. The average molecular weight is 553 g/mol. The molecule has 0 bridgehead atoms. The van der Waals surface area contributed by atoms with Gasteiger partial charge in [0.25, 0.3) is 0 Å². The number of nitrogens with zero attached hydrogens (tertiary/aromatic N) is 2. The summed E-state index contributed by atoms with van der Waals surface area (Å²) in [4.78, 5) is 26.8. The quantitative estimate of drug-likeness (QED) is 0.191. The molecule has 38 heavy (non-hydrogen) atoms. The summed E-state index contributed by atoms with van der Waals surface area (Å²) in [6, 6.07) is 21.0. The Labute approximate surface area is 230 Å². The fourth-order valence-electron chi connectivity index (χ4n) is 4.08. The van der Waals surface area contributed by atoms with Crippen molar-refractivity contribution < 1.29 is 24.5 Å². The molecule has 0 saturated heterocycles. The lowest BCUT2D eigenvalue weighted by Gasteiger charge is -2.09. The Morgan fingerprint density at radius 2 is 1.68 bits per heavy atom. The first-order valence-corrected chi connectivity index (χ1v) is 12.8. The molecule has 0 saturated carbocycles. The lowest BCUT2D eigenvalue weighted by Crippen LogP contribution is -2.11. The van der Waals surface area contributed by atoms with Gasteiger partial charge in [0.15, 0.2) is 0 Å². The van der Waals surface area contributed by atoms with E-state index in [1.54, 1.807) is 29.0 Å². The molecule has 0 spiro atoms. The minimum atomic E-state index is -0.950. The van der Waals surface area contributed by atoms with E-state index in [1.165, 1.54) is 0 Å². The summed E-state index contributed by atoms with van der Waals surface area (Å²) in [6.45, 7) is 0.156. The number of hydrogen-bond acceptors (Lipinski definition) is 4. The second-order valence-corrected chi connectivity index (χ2v) is 9.60. The van der Waals surface area contributed by atoms with E-state index in [1.807, 2.05) is 42.5 Å². The first-order chi connectivity index (χ1) is 18.3. The summed E-state index contributed by atoms with van der Waals surface area (Å²) < 4.78 is 7.26. The van der Waals surface area contributed by atoms with Crippen LogP contribution in [0.3, 0.4) is 0 Å². The molecule has 9 heteroatoms. The molecule has 7 nitrogen and oxygen atoms in total. The molecule has 0 aliphatic heterocycles. The number of aromatic nitrogens is 2. The predicted molar refractivity (Wildman–Crippen MR) is 147 cm³/mol. The highest BCUT2D eigenvalue weighted by Gasteiger charge is 2.15. The normalized spacial score (nSPS) is 10.9. The van der Waals surface area contributed by atoms with Crippen LogP contribution in [-0.4, -0.2) is 38.3 Å². The number of carboxylic acids is 2. The first-order valence-electron chi connectivity index (χ1n) is 12.1.